The summed E-state index contributed by atoms with van der Waals surface area (Å²) in [6, 6.07) is 20.3. The summed E-state index contributed by atoms with van der Waals surface area (Å²) in [4.78, 5) is 12.9. The van der Waals surface area contributed by atoms with Crippen LogP contribution in [0.4, 0.5) is 18.0 Å². The SMILES string of the molecule is N#Cc1ccc(-c2ccc(OC(F)(F)F)c(CN[C@H]3CCN(C(=O)O)C[C@H]3c3ccccc3)c2)c(Cl)c1. The Hall–Kier alpha value is -3.74. The van der Waals surface area contributed by atoms with E-state index >= 15 is 0 Å². The Morgan fingerprint density at radius 2 is 1.92 bits per heavy atom. The van der Waals surface area contributed by atoms with Crippen LogP contribution in [0.25, 0.3) is 11.1 Å². The third-order valence-corrected chi connectivity index (χ3v) is 6.67. The molecule has 0 unspecified atom stereocenters. The first-order chi connectivity index (χ1) is 17.6. The molecule has 1 aliphatic rings. The lowest BCUT2D eigenvalue weighted by molar-refractivity contribution is -0.274. The van der Waals surface area contributed by atoms with Crippen molar-refractivity contribution in [1.29, 1.82) is 5.26 Å². The number of ether oxygens (including phenoxy) is 1. The van der Waals surface area contributed by atoms with Crippen molar-refractivity contribution in [2.45, 2.75) is 31.3 Å². The maximum atomic E-state index is 13.1. The van der Waals surface area contributed by atoms with Crippen LogP contribution in [0.3, 0.4) is 0 Å². The summed E-state index contributed by atoms with van der Waals surface area (Å²) < 4.78 is 43.7. The van der Waals surface area contributed by atoms with Crippen molar-refractivity contribution in [2.24, 2.45) is 0 Å². The van der Waals surface area contributed by atoms with Crippen LogP contribution in [0.2, 0.25) is 5.02 Å². The van der Waals surface area contributed by atoms with Crippen molar-refractivity contribution in [2.75, 3.05) is 13.1 Å². The fraction of sp³-hybridized carbons (Fsp3) is 0.259. The molecule has 1 heterocycles. The Kier molecular flexibility index (Phi) is 7.91. The zero-order valence-corrected chi connectivity index (χ0v) is 20.3. The summed E-state index contributed by atoms with van der Waals surface area (Å²) >= 11 is 6.34. The monoisotopic (exact) mass is 529 g/mol. The highest BCUT2D eigenvalue weighted by atomic mass is 35.5. The van der Waals surface area contributed by atoms with Crippen LogP contribution in [0, 0.1) is 11.3 Å². The average molecular weight is 530 g/mol. The predicted molar refractivity (Wildman–Crippen MR) is 132 cm³/mol. The minimum Gasteiger partial charge on any atom is -0.465 e. The molecule has 1 saturated heterocycles. The molecular weight excluding hydrogens is 507 g/mol. The number of benzene rings is 3. The van der Waals surface area contributed by atoms with Crippen LogP contribution < -0.4 is 10.1 Å². The molecule has 0 spiro atoms. The lowest BCUT2D eigenvalue weighted by atomic mass is 9.86. The van der Waals surface area contributed by atoms with Gasteiger partial charge in [0.15, 0.2) is 0 Å². The van der Waals surface area contributed by atoms with Crippen molar-refractivity contribution in [3.05, 3.63) is 88.4 Å². The van der Waals surface area contributed by atoms with Crippen molar-refractivity contribution in [1.82, 2.24) is 10.2 Å². The smallest absolute Gasteiger partial charge is 0.465 e. The molecular formula is C27H23ClF3N3O3. The maximum absolute atomic E-state index is 13.1. The topological polar surface area (TPSA) is 85.6 Å². The van der Waals surface area contributed by atoms with Gasteiger partial charge in [-0.2, -0.15) is 5.26 Å². The fourth-order valence-corrected chi connectivity index (χ4v) is 4.87. The largest absolute Gasteiger partial charge is 0.573 e. The van der Waals surface area contributed by atoms with E-state index in [1.54, 1.807) is 18.2 Å². The van der Waals surface area contributed by atoms with Gasteiger partial charge < -0.3 is 20.1 Å². The summed E-state index contributed by atoms with van der Waals surface area (Å²) in [5.41, 5.74) is 2.71. The zero-order valence-electron chi connectivity index (χ0n) is 19.5. The van der Waals surface area contributed by atoms with Gasteiger partial charge in [-0.15, -0.1) is 13.2 Å². The Morgan fingerprint density at radius 1 is 1.16 bits per heavy atom. The molecule has 192 valence electrons. The molecule has 1 aliphatic heterocycles. The molecule has 10 heteroatoms. The van der Waals surface area contributed by atoms with Crippen molar-refractivity contribution in [3.63, 3.8) is 0 Å². The summed E-state index contributed by atoms with van der Waals surface area (Å²) in [5, 5.41) is 22.2. The molecule has 2 atom stereocenters. The number of piperidine rings is 1. The highest BCUT2D eigenvalue weighted by Crippen LogP contribution is 2.35. The number of hydrogen-bond donors (Lipinski definition) is 2. The third kappa shape index (κ3) is 6.53. The van der Waals surface area contributed by atoms with Crippen LogP contribution in [-0.2, 0) is 6.54 Å². The number of carboxylic acid groups (broad SMARTS) is 1. The second-order valence-corrected chi connectivity index (χ2v) is 9.11. The van der Waals surface area contributed by atoms with Gasteiger partial charge in [0.1, 0.15) is 5.75 Å². The maximum Gasteiger partial charge on any atom is 0.573 e. The molecule has 0 bridgehead atoms. The van der Waals surface area contributed by atoms with Crippen LogP contribution >= 0.6 is 11.6 Å². The quantitative estimate of drug-likeness (QED) is 0.386. The summed E-state index contributed by atoms with van der Waals surface area (Å²) in [6.45, 7) is 0.626. The van der Waals surface area contributed by atoms with E-state index in [1.165, 1.54) is 23.1 Å². The molecule has 0 saturated carbocycles. The number of carbonyl (C=O) groups is 1. The molecule has 0 aromatic heterocycles. The molecule has 37 heavy (non-hydrogen) atoms. The van der Waals surface area contributed by atoms with E-state index in [1.807, 2.05) is 36.4 Å². The van der Waals surface area contributed by atoms with Gasteiger partial charge in [-0.3, -0.25) is 0 Å². The average Bonchev–Trinajstić information content (AvgIpc) is 2.87. The van der Waals surface area contributed by atoms with Crippen molar-refractivity contribution in [3.8, 4) is 22.9 Å². The molecule has 6 nitrogen and oxygen atoms in total. The van der Waals surface area contributed by atoms with Gasteiger partial charge in [-0.25, -0.2) is 4.79 Å². The van der Waals surface area contributed by atoms with Gasteiger partial charge in [-0.1, -0.05) is 54.1 Å². The highest BCUT2D eigenvalue weighted by molar-refractivity contribution is 6.33. The van der Waals surface area contributed by atoms with Gasteiger partial charge >= 0.3 is 12.5 Å². The number of amides is 1. The van der Waals surface area contributed by atoms with Gasteiger partial charge in [0, 0.05) is 47.7 Å². The van der Waals surface area contributed by atoms with Crippen molar-refractivity contribution < 1.29 is 27.8 Å². The van der Waals surface area contributed by atoms with Gasteiger partial charge in [0.25, 0.3) is 0 Å². The summed E-state index contributed by atoms with van der Waals surface area (Å²) in [6.07, 6.45) is -5.39. The van der Waals surface area contributed by atoms with Crippen LogP contribution in [0.15, 0.2) is 66.7 Å². The fourth-order valence-electron chi connectivity index (χ4n) is 4.58. The first-order valence-corrected chi connectivity index (χ1v) is 11.9. The van der Waals surface area contributed by atoms with E-state index in [-0.39, 0.29) is 36.4 Å². The first kappa shape index (κ1) is 26.3. The van der Waals surface area contributed by atoms with E-state index < -0.39 is 12.5 Å². The van der Waals surface area contributed by atoms with E-state index in [4.69, 9.17) is 16.9 Å². The number of nitriles is 1. The molecule has 3 aromatic carbocycles. The number of halogens is 4. The molecule has 0 aliphatic carbocycles. The first-order valence-electron chi connectivity index (χ1n) is 11.5. The lowest BCUT2D eigenvalue weighted by Crippen LogP contribution is -2.49. The Morgan fingerprint density at radius 3 is 2.57 bits per heavy atom. The molecule has 0 radical (unpaired) electrons. The number of likely N-dealkylation sites (tertiary alicyclic amines) is 1. The molecule has 2 N–H and O–H groups in total. The Bertz CT molecular complexity index is 1310. The second-order valence-electron chi connectivity index (χ2n) is 8.70. The Labute approximate surface area is 216 Å². The third-order valence-electron chi connectivity index (χ3n) is 6.36. The minimum absolute atomic E-state index is 0.0498. The molecule has 1 amide bonds. The van der Waals surface area contributed by atoms with Gasteiger partial charge in [0.2, 0.25) is 0 Å². The molecule has 3 aromatic rings. The Balaban J connectivity index is 1.63. The minimum atomic E-state index is -4.87. The number of nitrogens with zero attached hydrogens (tertiary/aromatic N) is 2. The number of alkyl halides is 3. The standard InChI is InChI=1S/C27H23ClF3N3O3/c28-23-12-17(14-32)6-8-21(23)19-7-9-25(37-27(29,30)31)20(13-19)15-33-24-10-11-34(26(35)36)16-22(24)18-4-2-1-3-5-18/h1-9,12-13,22,24,33H,10-11,15-16H2,(H,35,36)/t22-,24-/m0/s1. The summed E-state index contributed by atoms with van der Waals surface area (Å²) in [5.74, 6) is -0.526. The van der Waals surface area contributed by atoms with E-state index in [0.29, 0.717) is 34.7 Å². The van der Waals surface area contributed by atoms with E-state index in [0.717, 1.165) is 5.56 Å². The summed E-state index contributed by atoms with van der Waals surface area (Å²) in [7, 11) is 0. The number of rotatable bonds is 6. The highest BCUT2D eigenvalue weighted by Gasteiger charge is 2.34. The van der Waals surface area contributed by atoms with Crippen LogP contribution in [-0.4, -0.2) is 41.6 Å². The number of hydrogen-bond acceptors (Lipinski definition) is 4. The van der Waals surface area contributed by atoms with Gasteiger partial charge in [0.05, 0.1) is 11.6 Å². The normalized spacial score (nSPS) is 17.8. The molecule has 4 rings (SSSR count). The predicted octanol–water partition coefficient (Wildman–Crippen LogP) is 6.40. The molecule has 1 fully saturated rings. The van der Waals surface area contributed by atoms with Crippen LogP contribution in [0.1, 0.15) is 29.0 Å². The van der Waals surface area contributed by atoms with E-state index in [2.05, 4.69) is 10.1 Å². The second kappa shape index (κ2) is 11.1. The lowest BCUT2D eigenvalue weighted by Gasteiger charge is -2.38. The zero-order chi connectivity index (χ0) is 26.6. The van der Waals surface area contributed by atoms with Crippen molar-refractivity contribution >= 4 is 17.7 Å². The van der Waals surface area contributed by atoms with E-state index in [9.17, 15) is 23.1 Å². The van der Waals surface area contributed by atoms with Gasteiger partial charge in [-0.05, 0) is 41.8 Å². The number of nitrogens with one attached hydrogen (secondary N) is 1. The van der Waals surface area contributed by atoms with Crippen LogP contribution in [0.5, 0.6) is 5.75 Å².